The molecule has 0 spiro atoms. The van der Waals surface area contributed by atoms with Gasteiger partial charge in [0, 0.05) is 24.7 Å². The number of imidazole rings is 1. The zero-order chi connectivity index (χ0) is 35.1. The summed E-state index contributed by atoms with van der Waals surface area (Å²) in [7, 11) is 0. The summed E-state index contributed by atoms with van der Waals surface area (Å²) < 4.78 is 0. The predicted molar refractivity (Wildman–Crippen MR) is 168 cm³/mol. The Labute approximate surface area is 273 Å². The van der Waals surface area contributed by atoms with Crippen molar-refractivity contribution in [3.8, 4) is 5.75 Å². The van der Waals surface area contributed by atoms with E-state index in [1.807, 2.05) is 0 Å². The number of phenolic OH excluding ortho intramolecular Hbond substituents is 1. The van der Waals surface area contributed by atoms with Crippen LogP contribution in [0.1, 0.15) is 30.5 Å². The van der Waals surface area contributed by atoms with E-state index in [9.17, 15) is 43.8 Å². The van der Waals surface area contributed by atoms with Gasteiger partial charge in [0.2, 0.25) is 35.4 Å². The number of nitrogens with one attached hydrogen (secondary N) is 5. The largest absolute Gasteiger partial charge is 0.508 e. The summed E-state index contributed by atoms with van der Waals surface area (Å²) in [5.41, 5.74) is 17.1. The average Bonchev–Trinajstić information content (AvgIpc) is 3.51. The number of carboxylic acid groups (broad SMARTS) is 1. The maximum absolute atomic E-state index is 13.5. The Kier molecular flexibility index (Phi) is 15.1. The number of hydrogen-bond acceptors (Lipinski definition) is 11. The molecule has 0 fully saturated rings. The highest BCUT2D eigenvalue weighted by atomic mass is 32.2. The number of carbonyl (C=O) groups excluding carboxylic acids is 6. The molecule has 1 aromatic heterocycles. The van der Waals surface area contributed by atoms with Crippen LogP contribution in [0.15, 0.2) is 36.8 Å². The normalized spacial score (nSPS) is 14.0. The van der Waals surface area contributed by atoms with Crippen molar-refractivity contribution in [1.29, 1.82) is 0 Å². The number of primary amides is 2. The first-order valence-electron chi connectivity index (χ1n) is 14.2. The molecule has 1 aromatic carbocycles. The quantitative estimate of drug-likeness (QED) is 0.0661. The van der Waals surface area contributed by atoms with Crippen LogP contribution in [0.4, 0.5) is 0 Å². The van der Waals surface area contributed by atoms with Crippen LogP contribution >= 0.6 is 11.8 Å². The number of aromatic hydroxyl groups is 1. The Balaban J connectivity index is 2.27. The SMILES string of the molecule is CSCC[C@H](NC(=O)[C@H](CC(N)=O)NC(=O)[C@H](Cc1ccc(O)cc1)NC(=O)[C@@H](N)CC(N)=O)C(=O)N[C@@H](Cc1cnc[nH]1)C(=O)O. The summed E-state index contributed by atoms with van der Waals surface area (Å²) in [6, 6.07) is -1.42. The Bertz CT molecular complexity index is 1410. The van der Waals surface area contributed by atoms with Gasteiger partial charge in [0.15, 0.2) is 0 Å². The molecule has 2 aromatic rings. The van der Waals surface area contributed by atoms with Gasteiger partial charge in [-0.3, -0.25) is 28.8 Å². The number of nitrogens with zero attached hydrogens (tertiary/aromatic N) is 1. The van der Waals surface area contributed by atoms with Gasteiger partial charge in [-0.1, -0.05) is 12.1 Å². The van der Waals surface area contributed by atoms with Crippen molar-refractivity contribution in [2.45, 2.75) is 62.3 Å². The van der Waals surface area contributed by atoms with Gasteiger partial charge in [0.1, 0.15) is 29.9 Å². The van der Waals surface area contributed by atoms with Gasteiger partial charge in [-0.05, 0) is 36.1 Å². The van der Waals surface area contributed by atoms with Crippen LogP contribution in [0.5, 0.6) is 5.75 Å². The standard InChI is InChI=1S/C28H39N9O9S/c1-47-7-6-18(25(42)37-21(28(45)46)9-15-12-32-13-33-15)34-27(44)20(11-23(31)40)36-26(43)19(8-14-2-4-16(38)5-3-14)35-24(41)17(29)10-22(30)39/h2-5,12-13,17-21,38H,6-11,29H2,1H3,(H2,30,39)(H2,31,40)(H,32,33)(H,34,44)(H,35,41)(H,36,43)(H,37,42)(H,45,46)/t17-,18-,19-,20-,21-/m0/s1. The van der Waals surface area contributed by atoms with E-state index < -0.39 is 84.5 Å². The lowest BCUT2D eigenvalue weighted by molar-refractivity contribution is -0.142. The molecule has 0 aliphatic heterocycles. The third-order valence-corrected chi connectivity index (χ3v) is 7.29. The molecule has 6 amide bonds. The van der Waals surface area contributed by atoms with E-state index in [1.165, 1.54) is 48.6 Å². The van der Waals surface area contributed by atoms with E-state index in [2.05, 4.69) is 31.2 Å². The molecule has 0 unspecified atom stereocenters. The summed E-state index contributed by atoms with van der Waals surface area (Å²) in [5, 5.41) is 28.8. The van der Waals surface area contributed by atoms with Gasteiger partial charge in [0.05, 0.1) is 25.2 Å². The monoisotopic (exact) mass is 677 g/mol. The first-order valence-corrected chi connectivity index (χ1v) is 15.6. The van der Waals surface area contributed by atoms with E-state index in [0.29, 0.717) is 17.0 Å². The van der Waals surface area contributed by atoms with Gasteiger partial charge >= 0.3 is 5.97 Å². The molecule has 18 nitrogen and oxygen atoms in total. The van der Waals surface area contributed by atoms with Crippen LogP contribution in [0.2, 0.25) is 0 Å². The van der Waals surface area contributed by atoms with Crippen LogP contribution in [0.3, 0.4) is 0 Å². The summed E-state index contributed by atoms with van der Waals surface area (Å²) in [6.45, 7) is 0. The van der Waals surface area contributed by atoms with E-state index >= 15 is 0 Å². The minimum atomic E-state index is -1.62. The number of thioether (sulfide) groups is 1. The summed E-state index contributed by atoms with van der Waals surface area (Å²) in [5.74, 6) is -6.54. The van der Waals surface area contributed by atoms with E-state index in [0.717, 1.165) is 0 Å². The molecule has 2 rings (SSSR count). The molecule has 19 heteroatoms. The number of rotatable bonds is 20. The fraction of sp³-hybridized carbons (Fsp3) is 0.429. The number of benzene rings is 1. The number of carboxylic acids is 1. The Morgan fingerprint density at radius 3 is 1.91 bits per heavy atom. The highest BCUT2D eigenvalue weighted by Crippen LogP contribution is 2.12. The number of aromatic amines is 1. The maximum atomic E-state index is 13.5. The van der Waals surface area contributed by atoms with Gasteiger partial charge in [-0.15, -0.1) is 0 Å². The smallest absolute Gasteiger partial charge is 0.326 e. The van der Waals surface area contributed by atoms with Crippen molar-refractivity contribution in [3.05, 3.63) is 48.0 Å². The second-order valence-electron chi connectivity index (χ2n) is 10.5. The van der Waals surface area contributed by atoms with Gasteiger partial charge < -0.3 is 53.7 Å². The van der Waals surface area contributed by atoms with Gasteiger partial charge in [-0.2, -0.15) is 11.8 Å². The molecular weight excluding hydrogens is 638 g/mol. The first-order chi connectivity index (χ1) is 22.2. The van der Waals surface area contributed by atoms with Crippen molar-refractivity contribution < 1.29 is 43.8 Å². The predicted octanol–water partition coefficient (Wildman–Crippen LogP) is -3.24. The summed E-state index contributed by atoms with van der Waals surface area (Å²) in [6.07, 6.45) is 3.05. The number of carbonyl (C=O) groups is 7. The van der Waals surface area contributed by atoms with Crippen LogP contribution in [-0.4, -0.2) is 104 Å². The minimum Gasteiger partial charge on any atom is -0.508 e. The number of phenols is 1. The van der Waals surface area contributed by atoms with Crippen molar-refractivity contribution in [1.82, 2.24) is 31.2 Å². The fourth-order valence-electron chi connectivity index (χ4n) is 4.21. The third-order valence-electron chi connectivity index (χ3n) is 6.64. The van der Waals surface area contributed by atoms with Crippen molar-refractivity contribution in [3.63, 3.8) is 0 Å². The molecule has 47 heavy (non-hydrogen) atoms. The van der Waals surface area contributed by atoms with Crippen LogP contribution in [0.25, 0.3) is 0 Å². The Hall–Kier alpha value is -5.17. The van der Waals surface area contributed by atoms with Crippen molar-refractivity contribution in [2.24, 2.45) is 17.2 Å². The lowest BCUT2D eigenvalue weighted by atomic mass is 10.0. The summed E-state index contributed by atoms with van der Waals surface area (Å²) >= 11 is 1.35. The van der Waals surface area contributed by atoms with Crippen molar-refractivity contribution in [2.75, 3.05) is 12.0 Å². The van der Waals surface area contributed by atoms with E-state index in [4.69, 9.17) is 17.2 Å². The zero-order valence-electron chi connectivity index (χ0n) is 25.4. The second-order valence-corrected chi connectivity index (χ2v) is 11.4. The molecule has 0 radical (unpaired) electrons. The molecule has 13 N–H and O–H groups in total. The molecule has 0 aliphatic carbocycles. The molecule has 1 heterocycles. The Morgan fingerprint density at radius 1 is 0.809 bits per heavy atom. The van der Waals surface area contributed by atoms with Gasteiger partial charge in [0.25, 0.3) is 0 Å². The van der Waals surface area contributed by atoms with E-state index in [-0.39, 0.29) is 25.0 Å². The van der Waals surface area contributed by atoms with E-state index in [1.54, 1.807) is 6.26 Å². The number of H-pyrrole nitrogens is 1. The first kappa shape index (κ1) is 38.0. The highest BCUT2D eigenvalue weighted by molar-refractivity contribution is 7.98. The number of nitrogens with two attached hydrogens (primary N) is 3. The topological polar surface area (TPSA) is 315 Å². The molecular formula is C28H39N9O9S. The molecule has 256 valence electrons. The highest BCUT2D eigenvalue weighted by Gasteiger charge is 2.33. The zero-order valence-corrected chi connectivity index (χ0v) is 26.2. The fourth-order valence-corrected chi connectivity index (χ4v) is 4.68. The molecule has 0 aliphatic rings. The molecule has 0 saturated carbocycles. The minimum absolute atomic E-state index is 0.0588. The average molecular weight is 678 g/mol. The van der Waals surface area contributed by atoms with Gasteiger partial charge in [-0.25, -0.2) is 9.78 Å². The Morgan fingerprint density at radius 2 is 1.36 bits per heavy atom. The van der Waals surface area contributed by atoms with Crippen LogP contribution < -0.4 is 38.5 Å². The lowest BCUT2D eigenvalue weighted by Gasteiger charge is -2.26. The number of aromatic nitrogens is 2. The molecule has 5 atom stereocenters. The number of amides is 6. The lowest BCUT2D eigenvalue weighted by Crippen LogP contribution is -2.59. The van der Waals surface area contributed by atoms with Crippen LogP contribution in [0, 0.1) is 0 Å². The van der Waals surface area contributed by atoms with Crippen LogP contribution in [-0.2, 0) is 46.4 Å². The molecule has 0 saturated heterocycles. The van der Waals surface area contributed by atoms with Crippen molar-refractivity contribution >= 4 is 53.2 Å². The maximum Gasteiger partial charge on any atom is 0.326 e. The third kappa shape index (κ3) is 13.4. The number of aliphatic carboxylic acids is 1. The molecule has 0 bridgehead atoms. The second kappa shape index (κ2) is 18.7. The summed E-state index contributed by atoms with van der Waals surface area (Å²) in [4.78, 5) is 94.3. The number of hydrogen-bond donors (Lipinski definition) is 10.